The Bertz CT molecular complexity index is 834. The summed E-state index contributed by atoms with van der Waals surface area (Å²) in [6, 6.07) is 23.3. The van der Waals surface area contributed by atoms with Crippen molar-refractivity contribution in [2.24, 2.45) is 0 Å². The monoisotopic (exact) mass is 379 g/mol. The van der Waals surface area contributed by atoms with E-state index in [1.165, 1.54) is 21.6 Å². The number of benzene rings is 2. The maximum atomic E-state index is 6.28. The molecule has 4 rings (SSSR count). The minimum Gasteiger partial charge on any atom is -0.399 e. The Morgan fingerprint density at radius 3 is 1.74 bits per heavy atom. The molecule has 140 valence electrons. The first-order valence-electron chi connectivity index (χ1n) is 8.98. The molecule has 0 unspecified atom stereocenters. The van der Waals surface area contributed by atoms with Crippen molar-refractivity contribution in [3.05, 3.63) is 66.7 Å². The molecule has 2 aromatic carbocycles. The molecule has 3 nitrogen and oxygen atoms in total. The third-order valence-corrected chi connectivity index (χ3v) is 6.56. The summed E-state index contributed by atoms with van der Waals surface area (Å²) in [5.74, 6) is 0. The standard InChI is InChI=1S/C22H23BO2S.H3N/c1-21(2)22(3,4)25-23(24-21)19-15-18(16-11-7-5-8-12-16)20(26-19)17-13-9-6-10-14-17;/h5-15H,1-4H3;1H3. The molecule has 1 aliphatic rings. The minimum atomic E-state index is -0.332. The van der Waals surface area contributed by atoms with Crippen molar-refractivity contribution in [2.45, 2.75) is 38.9 Å². The fourth-order valence-electron chi connectivity index (χ4n) is 3.12. The summed E-state index contributed by atoms with van der Waals surface area (Å²) < 4.78 is 13.7. The molecule has 1 aromatic heterocycles. The van der Waals surface area contributed by atoms with Gasteiger partial charge in [0.25, 0.3) is 0 Å². The molecule has 0 amide bonds. The molecule has 2 heterocycles. The number of rotatable bonds is 3. The zero-order valence-electron chi connectivity index (χ0n) is 16.4. The topological polar surface area (TPSA) is 53.5 Å². The van der Waals surface area contributed by atoms with Gasteiger partial charge in [-0.1, -0.05) is 60.7 Å². The summed E-state index contributed by atoms with van der Waals surface area (Å²) >= 11 is 1.76. The summed E-state index contributed by atoms with van der Waals surface area (Å²) in [4.78, 5) is 1.25. The van der Waals surface area contributed by atoms with Crippen LogP contribution < -0.4 is 10.9 Å². The molecule has 0 atom stereocenters. The van der Waals surface area contributed by atoms with Crippen molar-refractivity contribution in [3.63, 3.8) is 0 Å². The summed E-state index contributed by atoms with van der Waals surface area (Å²) in [7, 11) is -0.329. The Hall–Kier alpha value is -1.92. The normalized spacial score (nSPS) is 17.6. The molecule has 3 aromatic rings. The highest BCUT2D eigenvalue weighted by Crippen LogP contribution is 2.40. The highest BCUT2D eigenvalue weighted by atomic mass is 32.1. The van der Waals surface area contributed by atoms with Gasteiger partial charge in [-0.3, -0.25) is 0 Å². The van der Waals surface area contributed by atoms with Crippen LogP contribution in [0, 0.1) is 0 Å². The van der Waals surface area contributed by atoms with Gasteiger partial charge in [0.1, 0.15) is 0 Å². The average Bonchev–Trinajstić information content (AvgIpc) is 3.16. The second-order valence-electron chi connectivity index (χ2n) is 7.71. The fraction of sp³-hybridized carbons (Fsp3) is 0.273. The molecule has 1 aliphatic heterocycles. The SMILES string of the molecule is CC1(C)OB(c2cc(-c3ccccc3)c(-c3ccccc3)s2)OC1(C)C.N. The first-order valence-corrected chi connectivity index (χ1v) is 9.79. The predicted molar refractivity (Wildman–Crippen MR) is 116 cm³/mol. The number of thiophene rings is 1. The van der Waals surface area contributed by atoms with E-state index in [0.29, 0.717) is 0 Å². The molecule has 0 aliphatic carbocycles. The van der Waals surface area contributed by atoms with Gasteiger partial charge in [-0.25, -0.2) is 0 Å². The van der Waals surface area contributed by atoms with Crippen LogP contribution in [0.5, 0.6) is 0 Å². The van der Waals surface area contributed by atoms with Gasteiger partial charge in [-0.2, -0.15) is 0 Å². The minimum absolute atomic E-state index is 0. The molecule has 0 saturated carbocycles. The van der Waals surface area contributed by atoms with E-state index in [1.807, 2.05) is 6.07 Å². The van der Waals surface area contributed by atoms with E-state index in [0.717, 1.165) is 4.78 Å². The third-order valence-electron chi connectivity index (χ3n) is 5.36. The van der Waals surface area contributed by atoms with E-state index in [-0.39, 0.29) is 24.5 Å². The Morgan fingerprint density at radius 2 is 1.22 bits per heavy atom. The lowest BCUT2D eigenvalue weighted by Crippen LogP contribution is -2.41. The second kappa shape index (κ2) is 7.25. The first kappa shape index (κ1) is 19.8. The summed E-state index contributed by atoms with van der Waals surface area (Å²) in [6.07, 6.45) is 0. The van der Waals surface area contributed by atoms with Crippen molar-refractivity contribution in [1.29, 1.82) is 0 Å². The van der Waals surface area contributed by atoms with E-state index < -0.39 is 0 Å². The van der Waals surface area contributed by atoms with Crippen molar-refractivity contribution in [1.82, 2.24) is 6.15 Å². The lowest BCUT2D eigenvalue weighted by atomic mass is 9.86. The average molecular weight is 379 g/mol. The van der Waals surface area contributed by atoms with Crippen molar-refractivity contribution in [2.75, 3.05) is 0 Å². The van der Waals surface area contributed by atoms with Crippen LogP contribution in [0.2, 0.25) is 0 Å². The van der Waals surface area contributed by atoms with Crippen LogP contribution in [0.25, 0.3) is 21.6 Å². The van der Waals surface area contributed by atoms with Crippen LogP contribution >= 0.6 is 11.3 Å². The third kappa shape index (κ3) is 3.60. The largest absolute Gasteiger partial charge is 0.505 e. The van der Waals surface area contributed by atoms with Crippen LogP contribution in [0.3, 0.4) is 0 Å². The predicted octanol–water partition coefficient (Wildman–Crippen LogP) is 5.54. The van der Waals surface area contributed by atoms with E-state index in [1.54, 1.807) is 11.3 Å². The maximum absolute atomic E-state index is 6.28. The van der Waals surface area contributed by atoms with Gasteiger partial charge in [-0.15, -0.1) is 11.3 Å². The van der Waals surface area contributed by atoms with Gasteiger partial charge in [0.05, 0.1) is 11.2 Å². The molecule has 0 spiro atoms. The lowest BCUT2D eigenvalue weighted by molar-refractivity contribution is 0.00578. The van der Waals surface area contributed by atoms with Crippen molar-refractivity contribution >= 4 is 23.2 Å². The number of hydrogen-bond acceptors (Lipinski definition) is 4. The first-order chi connectivity index (χ1) is 12.4. The maximum Gasteiger partial charge on any atom is 0.505 e. The molecule has 3 N–H and O–H groups in total. The van der Waals surface area contributed by atoms with E-state index in [9.17, 15) is 0 Å². The Kier molecular flexibility index (Phi) is 5.32. The van der Waals surface area contributed by atoms with Gasteiger partial charge >= 0.3 is 7.12 Å². The van der Waals surface area contributed by atoms with Crippen LogP contribution in [-0.2, 0) is 9.31 Å². The quantitative estimate of drug-likeness (QED) is 0.608. The molecular formula is C22H26BNO2S. The van der Waals surface area contributed by atoms with Crippen LogP contribution in [-0.4, -0.2) is 18.3 Å². The fourth-order valence-corrected chi connectivity index (χ4v) is 4.27. The van der Waals surface area contributed by atoms with Gasteiger partial charge in [0.2, 0.25) is 0 Å². The molecule has 0 bridgehead atoms. The smallest absolute Gasteiger partial charge is 0.399 e. The summed E-state index contributed by atoms with van der Waals surface area (Å²) in [6.45, 7) is 8.38. The van der Waals surface area contributed by atoms with E-state index in [2.05, 4.69) is 88.4 Å². The molecule has 5 heteroatoms. The highest BCUT2D eigenvalue weighted by molar-refractivity contribution is 7.25. The highest BCUT2D eigenvalue weighted by Gasteiger charge is 2.52. The summed E-state index contributed by atoms with van der Waals surface area (Å²) in [5.41, 5.74) is 3.00. The van der Waals surface area contributed by atoms with Crippen LogP contribution in [0.15, 0.2) is 66.7 Å². The zero-order chi connectivity index (χ0) is 18.4. The Labute approximate surface area is 166 Å². The van der Waals surface area contributed by atoms with Crippen LogP contribution in [0.4, 0.5) is 0 Å². The second-order valence-corrected chi connectivity index (χ2v) is 8.80. The molecule has 27 heavy (non-hydrogen) atoms. The van der Waals surface area contributed by atoms with Gasteiger partial charge in [-0.05, 0) is 50.5 Å². The van der Waals surface area contributed by atoms with Crippen molar-refractivity contribution in [3.8, 4) is 21.6 Å². The van der Waals surface area contributed by atoms with Gasteiger partial charge < -0.3 is 15.5 Å². The van der Waals surface area contributed by atoms with E-state index in [4.69, 9.17) is 9.31 Å². The van der Waals surface area contributed by atoms with E-state index >= 15 is 0 Å². The lowest BCUT2D eigenvalue weighted by Gasteiger charge is -2.32. The van der Waals surface area contributed by atoms with Gasteiger partial charge in [0.15, 0.2) is 0 Å². The van der Waals surface area contributed by atoms with Crippen molar-refractivity contribution < 1.29 is 9.31 Å². The van der Waals surface area contributed by atoms with Gasteiger partial charge in [0, 0.05) is 9.65 Å². The summed E-state index contributed by atoms with van der Waals surface area (Å²) in [5, 5.41) is 0. The van der Waals surface area contributed by atoms with Crippen LogP contribution in [0.1, 0.15) is 27.7 Å². The number of hydrogen-bond donors (Lipinski definition) is 1. The molecular weight excluding hydrogens is 353 g/mol. The Morgan fingerprint density at radius 1 is 0.741 bits per heavy atom. The zero-order valence-corrected chi connectivity index (χ0v) is 17.2. The molecule has 0 radical (unpaired) electrons. The molecule has 1 saturated heterocycles. The molecule has 1 fully saturated rings. The Balaban J connectivity index is 0.00000210.